The standard InChI is InChI=1S/C14H9FN4S2/c15-10-5-3-9(4-6-10)8-12-18-19-13(11-2-1-7-20-11)16-17-14(19)21-12/h1-7H,8H2. The lowest BCUT2D eigenvalue weighted by Crippen LogP contribution is -1.92. The molecule has 7 heteroatoms. The van der Waals surface area contributed by atoms with E-state index in [1.165, 1.54) is 23.5 Å². The number of hydrogen-bond acceptors (Lipinski definition) is 5. The van der Waals surface area contributed by atoms with Gasteiger partial charge in [-0.25, -0.2) is 4.39 Å². The molecular formula is C14H9FN4S2. The van der Waals surface area contributed by atoms with Gasteiger partial charge in [0, 0.05) is 6.42 Å². The minimum Gasteiger partial charge on any atom is -0.207 e. The van der Waals surface area contributed by atoms with E-state index in [1.54, 1.807) is 28.0 Å². The van der Waals surface area contributed by atoms with E-state index >= 15 is 0 Å². The van der Waals surface area contributed by atoms with Gasteiger partial charge in [0.1, 0.15) is 10.8 Å². The first-order valence-electron chi connectivity index (χ1n) is 6.29. The average Bonchev–Trinajstić information content (AvgIpc) is 3.17. The molecule has 104 valence electrons. The quantitative estimate of drug-likeness (QED) is 0.579. The number of benzene rings is 1. The Balaban J connectivity index is 1.69. The Morgan fingerprint density at radius 3 is 2.71 bits per heavy atom. The number of fused-ring (bicyclic) bond motifs is 1. The average molecular weight is 316 g/mol. The maximum Gasteiger partial charge on any atom is 0.235 e. The van der Waals surface area contributed by atoms with E-state index in [9.17, 15) is 4.39 Å². The van der Waals surface area contributed by atoms with Crippen LogP contribution in [0, 0.1) is 5.82 Å². The molecule has 0 N–H and O–H groups in total. The largest absolute Gasteiger partial charge is 0.235 e. The van der Waals surface area contributed by atoms with Crippen molar-refractivity contribution in [1.82, 2.24) is 19.8 Å². The molecule has 0 atom stereocenters. The Bertz CT molecular complexity index is 878. The van der Waals surface area contributed by atoms with E-state index in [4.69, 9.17) is 0 Å². The van der Waals surface area contributed by atoms with Crippen molar-refractivity contribution in [2.45, 2.75) is 6.42 Å². The second-order valence-corrected chi connectivity index (χ2v) is 6.48. The van der Waals surface area contributed by atoms with Gasteiger partial charge >= 0.3 is 0 Å². The minimum absolute atomic E-state index is 0.225. The van der Waals surface area contributed by atoms with Gasteiger partial charge in [0.25, 0.3) is 0 Å². The Morgan fingerprint density at radius 1 is 1.10 bits per heavy atom. The van der Waals surface area contributed by atoms with Crippen molar-refractivity contribution in [1.29, 1.82) is 0 Å². The fraction of sp³-hybridized carbons (Fsp3) is 0.0714. The highest BCUT2D eigenvalue weighted by atomic mass is 32.1. The van der Waals surface area contributed by atoms with Crippen molar-refractivity contribution < 1.29 is 4.39 Å². The van der Waals surface area contributed by atoms with Crippen molar-refractivity contribution in [3.63, 3.8) is 0 Å². The summed E-state index contributed by atoms with van der Waals surface area (Å²) in [4.78, 5) is 1.82. The smallest absolute Gasteiger partial charge is 0.207 e. The van der Waals surface area contributed by atoms with Gasteiger partial charge in [-0.05, 0) is 29.1 Å². The maximum absolute atomic E-state index is 12.9. The SMILES string of the molecule is Fc1ccc(Cc2nn3c(-c4cccs4)nnc3s2)cc1. The first-order chi connectivity index (χ1) is 10.3. The Morgan fingerprint density at radius 2 is 1.95 bits per heavy atom. The molecular weight excluding hydrogens is 307 g/mol. The van der Waals surface area contributed by atoms with Crippen LogP contribution < -0.4 is 0 Å². The third kappa shape index (κ3) is 2.34. The summed E-state index contributed by atoms with van der Waals surface area (Å²) >= 11 is 3.11. The maximum atomic E-state index is 12.9. The van der Waals surface area contributed by atoms with Gasteiger partial charge in [0.15, 0.2) is 5.82 Å². The number of rotatable bonds is 3. The lowest BCUT2D eigenvalue weighted by atomic mass is 10.2. The molecule has 0 radical (unpaired) electrons. The van der Waals surface area contributed by atoms with Crippen molar-refractivity contribution >= 4 is 27.6 Å². The summed E-state index contributed by atoms with van der Waals surface area (Å²) in [6.45, 7) is 0. The fourth-order valence-corrected chi connectivity index (χ4v) is 3.63. The van der Waals surface area contributed by atoms with Gasteiger partial charge in [0.05, 0.1) is 4.88 Å². The van der Waals surface area contributed by atoms with Crippen LogP contribution in [0.1, 0.15) is 10.6 Å². The molecule has 0 amide bonds. The van der Waals surface area contributed by atoms with Gasteiger partial charge in [-0.2, -0.15) is 9.61 Å². The van der Waals surface area contributed by atoms with Crippen LogP contribution in [0.5, 0.6) is 0 Å². The highest BCUT2D eigenvalue weighted by Gasteiger charge is 2.14. The van der Waals surface area contributed by atoms with E-state index in [1.807, 2.05) is 17.5 Å². The van der Waals surface area contributed by atoms with E-state index in [0.29, 0.717) is 6.42 Å². The summed E-state index contributed by atoms with van der Waals surface area (Å²) in [6, 6.07) is 10.5. The van der Waals surface area contributed by atoms with Crippen LogP contribution in [0.4, 0.5) is 4.39 Å². The monoisotopic (exact) mass is 316 g/mol. The molecule has 0 saturated heterocycles. The molecule has 0 aliphatic rings. The topological polar surface area (TPSA) is 43.1 Å². The normalized spacial score (nSPS) is 11.3. The molecule has 0 unspecified atom stereocenters. The van der Waals surface area contributed by atoms with Crippen molar-refractivity contribution in [2.75, 3.05) is 0 Å². The molecule has 4 aromatic rings. The molecule has 0 fully saturated rings. The van der Waals surface area contributed by atoms with Gasteiger partial charge in [-0.1, -0.05) is 29.5 Å². The van der Waals surface area contributed by atoms with Crippen molar-refractivity contribution in [3.8, 4) is 10.7 Å². The van der Waals surface area contributed by atoms with Crippen LogP contribution >= 0.6 is 22.7 Å². The van der Waals surface area contributed by atoms with E-state index in [-0.39, 0.29) is 5.82 Å². The molecule has 21 heavy (non-hydrogen) atoms. The number of hydrogen-bond donors (Lipinski definition) is 0. The summed E-state index contributed by atoms with van der Waals surface area (Å²) < 4.78 is 14.7. The summed E-state index contributed by atoms with van der Waals surface area (Å²) in [7, 11) is 0. The molecule has 0 saturated carbocycles. The second kappa shape index (κ2) is 5.01. The molecule has 3 aromatic heterocycles. The third-order valence-electron chi connectivity index (χ3n) is 3.04. The lowest BCUT2D eigenvalue weighted by molar-refractivity contribution is 0.627. The van der Waals surface area contributed by atoms with Gasteiger partial charge in [-0.3, -0.25) is 0 Å². The number of thiophene rings is 1. The first kappa shape index (κ1) is 12.6. The zero-order valence-electron chi connectivity index (χ0n) is 10.7. The molecule has 0 aliphatic carbocycles. The number of aromatic nitrogens is 4. The highest BCUT2D eigenvalue weighted by molar-refractivity contribution is 7.16. The summed E-state index contributed by atoms with van der Waals surface area (Å²) in [5.41, 5.74) is 1.03. The van der Waals surface area contributed by atoms with Gasteiger partial charge < -0.3 is 0 Å². The minimum atomic E-state index is -0.225. The fourth-order valence-electron chi connectivity index (χ4n) is 2.06. The van der Waals surface area contributed by atoms with Crippen LogP contribution in [0.2, 0.25) is 0 Å². The summed E-state index contributed by atoms with van der Waals surface area (Å²) in [6.07, 6.45) is 0.665. The van der Waals surface area contributed by atoms with Crippen LogP contribution in [-0.4, -0.2) is 19.8 Å². The third-order valence-corrected chi connectivity index (χ3v) is 4.81. The number of nitrogens with zero attached hydrogens (tertiary/aromatic N) is 4. The predicted octanol–water partition coefficient (Wildman–Crippen LogP) is 3.64. The molecule has 0 bridgehead atoms. The van der Waals surface area contributed by atoms with E-state index < -0.39 is 0 Å². The van der Waals surface area contributed by atoms with Crippen LogP contribution in [0.3, 0.4) is 0 Å². The molecule has 0 spiro atoms. The van der Waals surface area contributed by atoms with Crippen molar-refractivity contribution in [3.05, 3.63) is 58.2 Å². The molecule has 0 aliphatic heterocycles. The number of halogens is 1. The molecule has 4 nitrogen and oxygen atoms in total. The molecule has 3 heterocycles. The molecule has 4 rings (SSSR count). The van der Waals surface area contributed by atoms with Crippen molar-refractivity contribution in [2.24, 2.45) is 0 Å². The molecule has 1 aromatic carbocycles. The zero-order chi connectivity index (χ0) is 14.2. The summed E-state index contributed by atoms with van der Waals surface area (Å²) in [5.74, 6) is 0.540. The second-order valence-electron chi connectivity index (χ2n) is 4.49. The predicted molar refractivity (Wildman–Crippen MR) is 81.2 cm³/mol. The van der Waals surface area contributed by atoms with Gasteiger partial charge in [0.2, 0.25) is 4.96 Å². The lowest BCUT2D eigenvalue weighted by Gasteiger charge is -1.96. The first-order valence-corrected chi connectivity index (χ1v) is 7.99. The summed E-state index contributed by atoms with van der Waals surface area (Å²) in [5, 5.41) is 15.9. The van der Waals surface area contributed by atoms with Crippen LogP contribution in [-0.2, 0) is 6.42 Å². The highest BCUT2D eigenvalue weighted by Crippen LogP contribution is 2.26. The van der Waals surface area contributed by atoms with E-state index in [0.717, 1.165) is 26.2 Å². The Labute approximate surface area is 127 Å². The van der Waals surface area contributed by atoms with Gasteiger partial charge in [-0.15, -0.1) is 21.5 Å². The van der Waals surface area contributed by atoms with Crippen LogP contribution in [0.25, 0.3) is 15.7 Å². The van der Waals surface area contributed by atoms with Crippen LogP contribution in [0.15, 0.2) is 41.8 Å². The Kier molecular flexibility index (Phi) is 3.01. The Hall–Kier alpha value is -2.12. The zero-order valence-corrected chi connectivity index (χ0v) is 12.4. The van der Waals surface area contributed by atoms with E-state index in [2.05, 4.69) is 15.3 Å².